The first kappa shape index (κ1) is 18.1. The van der Waals surface area contributed by atoms with E-state index in [1.165, 1.54) is 35.0 Å². The number of thioether (sulfide) groups is 1. The van der Waals surface area contributed by atoms with E-state index in [4.69, 9.17) is 5.73 Å². The molecule has 3 amide bonds. The largest absolute Gasteiger partial charge is 0.351 e. The fourth-order valence-electron chi connectivity index (χ4n) is 3.12. The van der Waals surface area contributed by atoms with Crippen molar-refractivity contribution < 1.29 is 9.59 Å². The highest BCUT2D eigenvalue weighted by molar-refractivity contribution is 8.00. The second kappa shape index (κ2) is 7.29. The lowest BCUT2D eigenvalue weighted by atomic mass is 9.97. The molecule has 1 atom stereocenters. The Morgan fingerprint density at radius 3 is 2.64 bits per heavy atom. The molecule has 0 spiro atoms. The van der Waals surface area contributed by atoms with E-state index in [9.17, 15) is 9.59 Å². The summed E-state index contributed by atoms with van der Waals surface area (Å²) < 4.78 is 0. The van der Waals surface area contributed by atoms with Gasteiger partial charge in [0.1, 0.15) is 15.7 Å². The van der Waals surface area contributed by atoms with Gasteiger partial charge in [0.05, 0.1) is 5.25 Å². The zero-order chi connectivity index (χ0) is 18.1. The van der Waals surface area contributed by atoms with E-state index in [-0.39, 0.29) is 11.8 Å². The van der Waals surface area contributed by atoms with Crippen LogP contribution in [0, 0.1) is 12.8 Å². The highest BCUT2D eigenvalue weighted by atomic mass is 32.2. The van der Waals surface area contributed by atoms with Crippen LogP contribution in [0.5, 0.6) is 0 Å². The minimum Gasteiger partial charge on any atom is -0.351 e. The maximum atomic E-state index is 12.4. The molecule has 0 bridgehead atoms. The lowest BCUT2D eigenvalue weighted by Crippen LogP contribution is -2.42. The standard InChI is InChI=1S/C17H22N4O2S2/c1-8(2)13(14(22)21-17(18)23)25-16-12-10-6-4-5-7-11(10)24-15(12)19-9(3)20-16/h8,13H,4-7H2,1-3H3,(H3,18,21,22,23)/t13-/m0/s1. The van der Waals surface area contributed by atoms with Crippen molar-refractivity contribution in [1.29, 1.82) is 0 Å². The summed E-state index contributed by atoms with van der Waals surface area (Å²) >= 11 is 3.15. The van der Waals surface area contributed by atoms with Crippen molar-refractivity contribution in [2.75, 3.05) is 0 Å². The number of aromatic nitrogens is 2. The number of primary amides is 1. The molecule has 0 saturated heterocycles. The van der Waals surface area contributed by atoms with E-state index in [2.05, 4.69) is 15.3 Å². The number of hydrogen-bond donors (Lipinski definition) is 2. The summed E-state index contributed by atoms with van der Waals surface area (Å²) in [5.41, 5.74) is 6.45. The Kier molecular flexibility index (Phi) is 5.29. The van der Waals surface area contributed by atoms with Crippen molar-refractivity contribution in [2.24, 2.45) is 11.7 Å². The number of nitrogens with zero attached hydrogens (tertiary/aromatic N) is 2. The number of nitrogens with one attached hydrogen (secondary N) is 1. The number of fused-ring (bicyclic) bond motifs is 3. The predicted molar refractivity (Wildman–Crippen MR) is 101 cm³/mol. The molecule has 3 rings (SSSR count). The Labute approximate surface area is 155 Å². The number of hydrogen-bond acceptors (Lipinski definition) is 6. The number of aryl methyl sites for hydroxylation is 3. The van der Waals surface area contributed by atoms with Crippen LogP contribution in [-0.4, -0.2) is 27.2 Å². The maximum Gasteiger partial charge on any atom is 0.318 e. The van der Waals surface area contributed by atoms with Crippen molar-refractivity contribution in [1.82, 2.24) is 15.3 Å². The highest BCUT2D eigenvalue weighted by Crippen LogP contribution is 2.41. The zero-order valence-electron chi connectivity index (χ0n) is 14.6. The Morgan fingerprint density at radius 1 is 1.24 bits per heavy atom. The molecule has 0 radical (unpaired) electrons. The van der Waals surface area contributed by atoms with Crippen LogP contribution >= 0.6 is 23.1 Å². The quantitative estimate of drug-likeness (QED) is 0.629. The molecule has 2 aromatic rings. The fourth-order valence-corrected chi connectivity index (χ4v) is 5.69. The lowest BCUT2D eigenvalue weighted by Gasteiger charge is -2.19. The van der Waals surface area contributed by atoms with Crippen LogP contribution in [0.3, 0.4) is 0 Å². The summed E-state index contributed by atoms with van der Waals surface area (Å²) in [7, 11) is 0. The van der Waals surface area contributed by atoms with E-state index in [1.807, 2.05) is 20.8 Å². The van der Waals surface area contributed by atoms with Gasteiger partial charge in [-0.2, -0.15) is 0 Å². The first-order chi connectivity index (χ1) is 11.9. The third-order valence-corrected chi connectivity index (χ3v) is 6.96. The summed E-state index contributed by atoms with van der Waals surface area (Å²) in [5.74, 6) is 0.358. The van der Waals surface area contributed by atoms with Crippen molar-refractivity contribution >= 4 is 45.3 Å². The summed E-state index contributed by atoms with van der Waals surface area (Å²) in [6.07, 6.45) is 4.52. The van der Waals surface area contributed by atoms with Gasteiger partial charge < -0.3 is 5.73 Å². The minimum atomic E-state index is -0.826. The number of imide groups is 1. The van der Waals surface area contributed by atoms with E-state index < -0.39 is 11.3 Å². The molecule has 1 aliphatic carbocycles. The van der Waals surface area contributed by atoms with Gasteiger partial charge in [-0.15, -0.1) is 11.3 Å². The van der Waals surface area contributed by atoms with Crippen molar-refractivity contribution in [3.8, 4) is 0 Å². The maximum absolute atomic E-state index is 12.4. The van der Waals surface area contributed by atoms with E-state index in [0.717, 1.165) is 28.1 Å². The predicted octanol–water partition coefficient (Wildman–Crippen LogP) is 3.19. The van der Waals surface area contributed by atoms with E-state index >= 15 is 0 Å². The molecule has 6 nitrogen and oxygen atoms in total. The topological polar surface area (TPSA) is 98.0 Å². The Balaban J connectivity index is 2.03. The zero-order valence-corrected chi connectivity index (χ0v) is 16.2. The molecule has 25 heavy (non-hydrogen) atoms. The highest BCUT2D eigenvalue weighted by Gasteiger charge is 2.28. The molecular formula is C17H22N4O2S2. The first-order valence-corrected chi connectivity index (χ1v) is 10.1. The first-order valence-electron chi connectivity index (χ1n) is 8.42. The number of carbonyl (C=O) groups excluding carboxylic acids is 2. The number of amides is 3. The van der Waals surface area contributed by atoms with Crippen LogP contribution in [0.4, 0.5) is 4.79 Å². The molecule has 2 heterocycles. The van der Waals surface area contributed by atoms with Crippen LogP contribution in [0.2, 0.25) is 0 Å². The van der Waals surface area contributed by atoms with Gasteiger partial charge in [0.25, 0.3) is 0 Å². The van der Waals surface area contributed by atoms with Crippen molar-refractivity contribution in [3.05, 3.63) is 16.3 Å². The Bertz CT molecular complexity index is 832. The second-order valence-corrected chi connectivity index (χ2v) is 8.82. The van der Waals surface area contributed by atoms with Gasteiger partial charge in [-0.1, -0.05) is 25.6 Å². The van der Waals surface area contributed by atoms with Crippen LogP contribution in [0.15, 0.2) is 5.03 Å². The van der Waals surface area contributed by atoms with Gasteiger partial charge in [0.15, 0.2) is 0 Å². The average Bonchev–Trinajstić information content (AvgIpc) is 2.89. The number of urea groups is 1. The van der Waals surface area contributed by atoms with Crippen LogP contribution in [-0.2, 0) is 17.6 Å². The van der Waals surface area contributed by atoms with Crippen molar-refractivity contribution in [3.63, 3.8) is 0 Å². The molecule has 0 aromatic carbocycles. The van der Waals surface area contributed by atoms with Gasteiger partial charge >= 0.3 is 6.03 Å². The molecule has 0 saturated carbocycles. The number of carbonyl (C=O) groups is 2. The molecular weight excluding hydrogens is 356 g/mol. The van der Waals surface area contributed by atoms with Gasteiger partial charge in [0, 0.05) is 10.3 Å². The Morgan fingerprint density at radius 2 is 1.96 bits per heavy atom. The number of thiophene rings is 1. The van der Waals surface area contributed by atoms with Gasteiger partial charge in [-0.25, -0.2) is 14.8 Å². The fraction of sp³-hybridized carbons (Fsp3) is 0.529. The average molecular weight is 379 g/mol. The molecule has 0 fully saturated rings. The normalized spacial score (nSPS) is 15.2. The molecule has 0 unspecified atom stereocenters. The molecule has 2 aromatic heterocycles. The number of nitrogens with two attached hydrogens (primary N) is 1. The second-order valence-electron chi connectivity index (χ2n) is 6.60. The molecule has 1 aliphatic rings. The van der Waals surface area contributed by atoms with E-state index in [1.54, 1.807) is 11.3 Å². The molecule has 134 valence electrons. The van der Waals surface area contributed by atoms with Gasteiger partial charge in [-0.3, -0.25) is 10.1 Å². The third-order valence-electron chi connectivity index (χ3n) is 4.24. The monoisotopic (exact) mass is 378 g/mol. The van der Waals surface area contributed by atoms with Crippen molar-refractivity contribution in [2.45, 2.75) is 56.7 Å². The van der Waals surface area contributed by atoms with Crippen LogP contribution in [0.25, 0.3) is 10.2 Å². The molecule has 0 aliphatic heterocycles. The van der Waals surface area contributed by atoms with E-state index in [0.29, 0.717) is 5.82 Å². The summed E-state index contributed by atoms with van der Waals surface area (Å²) in [4.78, 5) is 35.1. The minimum absolute atomic E-state index is 0.0316. The summed E-state index contributed by atoms with van der Waals surface area (Å²) in [6, 6.07) is -0.826. The smallest absolute Gasteiger partial charge is 0.318 e. The molecule has 3 N–H and O–H groups in total. The summed E-state index contributed by atoms with van der Waals surface area (Å²) in [6.45, 7) is 5.77. The molecule has 8 heteroatoms. The summed E-state index contributed by atoms with van der Waals surface area (Å²) in [5, 5.41) is 3.69. The lowest BCUT2D eigenvalue weighted by molar-refractivity contribution is -0.120. The van der Waals surface area contributed by atoms with Gasteiger partial charge in [0.2, 0.25) is 5.91 Å². The van der Waals surface area contributed by atoms with Crippen LogP contribution < -0.4 is 11.1 Å². The van der Waals surface area contributed by atoms with Gasteiger partial charge in [-0.05, 0) is 44.1 Å². The Hall–Kier alpha value is -1.67. The number of rotatable bonds is 4. The van der Waals surface area contributed by atoms with Crippen LogP contribution in [0.1, 0.15) is 43.0 Å². The SMILES string of the molecule is Cc1nc(S[C@H](C(=O)NC(N)=O)C(C)C)c2c3c(sc2n1)CCCC3. The third kappa shape index (κ3) is 3.79.